The molecule has 2 N–H and O–H groups in total. The molecule has 0 aromatic carbocycles. The first-order valence-corrected chi connectivity index (χ1v) is 13.3. The highest BCUT2D eigenvalue weighted by atomic mass is 32.2. The number of carbonyl (C=O) groups is 2. The summed E-state index contributed by atoms with van der Waals surface area (Å²) in [6.45, 7) is 0. The zero-order valence-electron chi connectivity index (χ0n) is 17.7. The molecule has 1 amide bonds. The van der Waals surface area contributed by atoms with Gasteiger partial charge in [0.1, 0.15) is 4.21 Å². The largest absolute Gasteiger partial charge is 0.481 e. The molecule has 2 fully saturated rings. The van der Waals surface area contributed by atoms with Crippen LogP contribution >= 0.6 is 11.3 Å². The smallest absolute Gasteiger partial charge is 0.303 e. The van der Waals surface area contributed by atoms with Crippen LogP contribution in [0.25, 0.3) is 0 Å². The molecule has 4 atom stereocenters. The van der Waals surface area contributed by atoms with E-state index in [0.717, 1.165) is 41.0 Å². The van der Waals surface area contributed by atoms with Crippen LogP contribution in [0.2, 0.25) is 0 Å². The Morgan fingerprint density at radius 3 is 2.78 bits per heavy atom. The number of hydrogen-bond acceptors (Lipinski definition) is 5. The number of nitrogens with zero attached hydrogens (tertiary/aromatic N) is 1. The van der Waals surface area contributed by atoms with E-state index in [4.69, 9.17) is 5.11 Å². The van der Waals surface area contributed by atoms with E-state index in [-0.39, 0.29) is 22.6 Å². The Bertz CT molecular complexity index is 1090. The van der Waals surface area contributed by atoms with Crippen LogP contribution in [0.5, 0.6) is 0 Å². The number of aliphatic carboxylic acids is 1. The number of thiophene rings is 1. The fraction of sp³-hybridized carbons (Fsp3) is 0.478. The molecule has 9 heteroatoms. The summed E-state index contributed by atoms with van der Waals surface area (Å²) in [6, 6.07) is 4.87. The van der Waals surface area contributed by atoms with Crippen molar-refractivity contribution in [1.29, 1.82) is 0 Å². The zero-order chi connectivity index (χ0) is 22.7. The average Bonchev–Trinajstić information content (AvgIpc) is 3.55. The fourth-order valence-electron chi connectivity index (χ4n) is 5.13. The molecule has 2 aromatic heterocycles. The van der Waals surface area contributed by atoms with Crippen LogP contribution in [-0.2, 0) is 14.8 Å². The number of aromatic nitrogens is 1. The Balaban J connectivity index is 1.38. The molecule has 0 saturated heterocycles. The minimum Gasteiger partial charge on any atom is -0.481 e. The lowest BCUT2D eigenvalue weighted by Gasteiger charge is -2.31. The second-order valence-corrected chi connectivity index (χ2v) is 11.7. The van der Waals surface area contributed by atoms with Crippen molar-refractivity contribution in [2.24, 2.45) is 17.8 Å². The van der Waals surface area contributed by atoms with Gasteiger partial charge in [0.15, 0.2) is 0 Å². The molecule has 0 aliphatic heterocycles. The molecule has 4 rings (SSSR count). The Morgan fingerprint density at radius 2 is 2.03 bits per heavy atom. The molecule has 4 unspecified atom stereocenters. The lowest BCUT2D eigenvalue weighted by atomic mass is 9.82. The van der Waals surface area contributed by atoms with Crippen molar-refractivity contribution in [3.05, 3.63) is 53.7 Å². The predicted octanol–water partition coefficient (Wildman–Crippen LogP) is 4.13. The third-order valence-corrected chi connectivity index (χ3v) is 9.69. The first kappa shape index (κ1) is 22.8. The molecular formula is C23H28N2O5S2. The Morgan fingerprint density at radius 1 is 1.22 bits per heavy atom. The number of carboxylic acid groups (broad SMARTS) is 1. The van der Waals surface area contributed by atoms with Gasteiger partial charge in [0.05, 0.1) is 5.56 Å². The third-order valence-electron chi connectivity index (χ3n) is 6.68. The van der Waals surface area contributed by atoms with E-state index in [1.807, 2.05) is 6.08 Å². The number of amides is 1. The summed E-state index contributed by atoms with van der Waals surface area (Å²) in [5.41, 5.74) is 0.343. The van der Waals surface area contributed by atoms with Gasteiger partial charge in [-0.05, 0) is 73.8 Å². The van der Waals surface area contributed by atoms with Gasteiger partial charge in [-0.15, -0.1) is 11.3 Å². The summed E-state index contributed by atoms with van der Waals surface area (Å²) < 4.78 is 26.7. The van der Waals surface area contributed by atoms with Crippen LogP contribution in [0.1, 0.15) is 55.3 Å². The van der Waals surface area contributed by atoms with E-state index in [1.165, 1.54) is 18.8 Å². The average molecular weight is 477 g/mol. The Labute approximate surface area is 192 Å². The molecule has 2 heterocycles. The maximum Gasteiger partial charge on any atom is 0.303 e. The highest BCUT2D eigenvalue weighted by Crippen LogP contribution is 2.50. The minimum absolute atomic E-state index is 0.0853. The van der Waals surface area contributed by atoms with Gasteiger partial charge >= 0.3 is 5.97 Å². The van der Waals surface area contributed by atoms with Crippen LogP contribution in [0.4, 0.5) is 0 Å². The van der Waals surface area contributed by atoms with Gasteiger partial charge in [-0.25, -0.2) is 3.97 Å². The lowest BCUT2D eigenvalue weighted by Crippen LogP contribution is -2.43. The summed E-state index contributed by atoms with van der Waals surface area (Å²) in [6.07, 6.45) is 12.8. The minimum atomic E-state index is -3.67. The van der Waals surface area contributed by atoms with Gasteiger partial charge in [-0.3, -0.25) is 9.59 Å². The lowest BCUT2D eigenvalue weighted by molar-refractivity contribution is -0.137. The molecule has 0 spiro atoms. The number of hydrogen-bond donors (Lipinski definition) is 2. The van der Waals surface area contributed by atoms with Crippen molar-refractivity contribution in [3.8, 4) is 0 Å². The van der Waals surface area contributed by atoms with Gasteiger partial charge in [-0.1, -0.05) is 18.2 Å². The number of nitrogens with one attached hydrogen (secondary N) is 1. The number of fused-ring (bicyclic) bond motifs is 2. The maximum absolute atomic E-state index is 12.9. The van der Waals surface area contributed by atoms with Crippen molar-refractivity contribution in [3.63, 3.8) is 0 Å². The molecule has 2 saturated carbocycles. The van der Waals surface area contributed by atoms with Crippen molar-refractivity contribution < 1.29 is 23.1 Å². The van der Waals surface area contributed by atoms with Crippen LogP contribution in [-0.4, -0.2) is 35.4 Å². The summed E-state index contributed by atoms with van der Waals surface area (Å²) in [5.74, 6) is 0.416. The quantitative estimate of drug-likeness (QED) is 0.396. The molecular weight excluding hydrogens is 448 g/mol. The predicted molar refractivity (Wildman–Crippen MR) is 122 cm³/mol. The van der Waals surface area contributed by atoms with Crippen molar-refractivity contribution >= 4 is 33.2 Å². The van der Waals surface area contributed by atoms with Crippen molar-refractivity contribution in [2.75, 3.05) is 0 Å². The number of carbonyl (C=O) groups excluding carboxylic acids is 1. The van der Waals surface area contributed by atoms with E-state index in [0.29, 0.717) is 29.7 Å². The second-order valence-electron chi connectivity index (χ2n) is 8.66. The van der Waals surface area contributed by atoms with Crippen LogP contribution in [0.3, 0.4) is 0 Å². The molecule has 2 aliphatic rings. The van der Waals surface area contributed by atoms with Crippen LogP contribution in [0.15, 0.2) is 52.3 Å². The second kappa shape index (κ2) is 9.62. The van der Waals surface area contributed by atoms with E-state index in [2.05, 4.69) is 11.4 Å². The van der Waals surface area contributed by atoms with E-state index in [1.54, 1.807) is 23.6 Å². The first-order valence-electron chi connectivity index (χ1n) is 11.0. The maximum atomic E-state index is 12.9. The van der Waals surface area contributed by atoms with Crippen molar-refractivity contribution in [1.82, 2.24) is 9.29 Å². The van der Waals surface area contributed by atoms with Crippen LogP contribution < -0.4 is 5.32 Å². The molecule has 32 heavy (non-hydrogen) atoms. The summed E-state index contributed by atoms with van der Waals surface area (Å²) in [7, 11) is -3.67. The van der Waals surface area contributed by atoms with Crippen LogP contribution in [0, 0.1) is 17.8 Å². The summed E-state index contributed by atoms with van der Waals surface area (Å²) in [5, 5.41) is 13.6. The van der Waals surface area contributed by atoms with Gasteiger partial charge in [0, 0.05) is 24.9 Å². The molecule has 2 bridgehead atoms. The van der Waals surface area contributed by atoms with Gasteiger partial charge < -0.3 is 10.4 Å². The van der Waals surface area contributed by atoms with Gasteiger partial charge in [-0.2, -0.15) is 8.42 Å². The highest BCUT2D eigenvalue weighted by Gasteiger charge is 2.47. The third kappa shape index (κ3) is 4.83. The number of unbranched alkanes of at least 4 members (excludes halogenated alkanes) is 1. The van der Waals surface area contributed by atoms with E-state index in [9.17, 15) is 18.0 Å². The number of carboxylic acids is 1. The normalized spacial score (nSPS) is 24.9. The summed E-state index contributed by atoms with van der Waals surface area (Å²) in [4.78, 5) is 23.5. The topological polar surface area (TPSA) is 105 Å². The van der Waals surface area contributed by atoms with E-state index < -0.39 is 16.0 Å². The molecule has 2 aromatic rings. The fourth-order valence-corrected chi connectivity index (χ4v) is 7.42. The first-order chi connectivity index (χ1) is 15.4. The summed E-state index contributed by atoms with van der Waals surface area (Å²) >= 11 is 1.15. The molecule has 7 nitrogen and oxygen atoms in total. The Kier molecular flexibility index (Phi) is 6.85. The van der Waals surface area contributed by atoms with E-state index >= 15 is 0 Å². The molecule has 0 radical (unpaired) electrons. The highest BCUT2D eigenvalue weighted by molar-refractivity contribution is 7.92. The SMILES string of the molecule is O=C(O)CCCC=CCC1C2CCC(C2)C1NC(=O)c1ccn(S(=O)(=O)c2cccs2)c1. The Hall–Kier alpha value is -2.39. The van der Waals surface area contributed by atoms with Gasteiger partial charge in [0.25, 0.3) is 15.9 Å². The molecule has 172 valence electrons. The number of allylic oxidation sites excluding steroid dienone is 2. The monoisotopic (exact) mass is 476 g/mol. The van der Waals surface area contributed by atoms with Crippen molar-refractivity contribution in [2.45, 2.75) is 55.2 Å². The number of rotatable bonds is 10. The zero-order valence-corrected chi connectivity index (χ0v) is 19.4. The molecule has 2 aliphatic carbocycles. The standard InChI is InChI=1S/C23H28N2O5S2/c26-20(27)7-4-2-1-3-6-19-16-9-10-17(14-16)22(19)24-23(28)18-11-12-25(15-18)32(29,30)21-8-5-13-31-21/h1,3,5,8,11-13,15-17,19,22H,2,4,6-7,9-10,14H2,(H,24,28)(H,26,27). The van der Waals surface area contributed by atoms with Gasteiger partial charge in [0.2, 0.25) is 0 Å².